The molecule has 3 aromatic rings. The summed E-state index contributed by atoms with van der Waals surface area (Å²) < 4.78 is 16.8. The van der Waals surface area contributed by atoms with Crippen molar-refractivity contribution in [2.75, 3.05) is 5.32 Å². The Hall–Kier alpha value is -3.19. The first-order valence-corrected chi connectivity index (χ1v) is 13.0. The lowest BCUT2D eigenvalue weighted by atomic mass is 9.92. The van der Waals surface area contributed by atoms with Crippen molar-refractivity contribution in [1.82, 2.24) is 19.3 Å². The van der Waals surface area contributed by atoms with Crippen LogP contribution >= 0.6 is 11.6 Å². The number of halogens is 2. The molecule has 5 rings (SSSR count). The number of hydrogen-bond donors (Lipinski definition) is 3. The van der Waals surface area contributed by atoms with Gasteiger partial charge in [0.15, 0.2) is 0 Å². The van der Waals surface area contributed by atoms with E-state index in [1.165, 1.54) is 18.2 Å². The summed E-state index contributed by atoms with van der Waals surface area (Å²) in [6.45, 7) is 3.34. The van der Waals surface area contributed by atoms with Gasteiger partial charge in [0.2, 0.25) is 0 Å². The highest BCUT2D eigenvalue weighted by atomic mass is 35.5. The molecular weight excluding hydrogens is 509 g/mol. The van der Waals surface area contributed by atoms with Crippen LogP contribution in [0.15, 0.2) is 30.6 Å². The van der Waals surface area contributed by atoms with E-state index in [1.54, 1.807) is 49.6 Å². The predicted molar refractivity (Wildman–Crippen MR) is 141 cm³/mol. The van der Waals surface area contributed by atoms with Gasteiger partial charge in [-0.2, -0.15) is 5.10 Å². The number of aryl methyl sites for hydroxylation is 2. The van der Waals surface area contributed by atoms with Crippen LogP contribution in [0.3, 0.4) is 0 Å². The molecule has 2 aliphatic rings. The lowest BCUT2D eigenvalue weighted by Crippen LogP contribution is -2.24. The molecule has 8 nitrogen and oxygen atoms in total. The predicted octanol–water partition coefficient (Wildman–Crippen LogP) is 4.11. The topological polar surface area (TPSA) is 105 Å². The van der Waals surface area contributed by atoms with E-state index in [0.717, 1.165) is 18.5 Å². The van der Waals surface area contributed by atoms with E-state index in [4.69, 9.17) is 11.6 Å². The molecule has 2 atom stereocenters. The molecule has 2 heterocycles. The molecule has 2 aliphatic carbocycles. The number of imidazole rings is 1. The summed E-state index contributed by atoms with van der Waals surface area (Å²) in [5.74, 6) is 5.89. The number of rotatable bonds is 4. The van der Waals surface area contributed by atoms with Crippen molar-refractivity contribution < 1.29 is 19.4 Å². The highest BCUT2D eigenvalue weighted by Crippen LogP contribution is 2.53. The smallest absolute Gasteiger partial charge is 0.274 e. The SMILES string of the molecule is Cn1cnc(C2CC3CC(O)(C#Cc4cc(C(C)(C)O)nn4C)CC3C2)c1C(=O)Nc1ccc(F)c(Cl)c1. The normalized spacial score (nSPS) is 24.7. The average Bonchev–Trinajstić information content (AvgIpc) is 3.56. The fourth-order valence-electron chi connectivity index (χ4n) is 5.84. The van der Waals surface area contributed by atoms with Crippen LogP contribution in [0.1, 0.15) is 73.0 Å². The summed E-state index contributed by atoms with van der Waals surface area (Å²) >= 11 is 5.86. The van der Waals surface area contributed by atoms with Crippen LogP contribution in [0.25, 0.3) is 0 Å². The van der Waals surface area contributed by atoms with E-state index >= 15 is 0 Å². The Morgan fingerprint density at radius 1 is 1.24 bits per heavy atom. The molecule has 2 unspecified atom stereocenters. The van der Waals surface area contributed by atoms with Crippen LogP contribution in [-0.4, -0.2) is 41.1 Å². The van der Waals surface area contributed by atoms with E-state index in [-0.39, 0.29) is 28.7 Å². The number of nitrogens with one attached hydrogen (secondary N) is 1. The van der Waals surface area contributed by atoms with Crippen molar-refractivity contribution in [3.8, 4) is 11.8 Å². The number of nitrogens with zero attached hydrogens (tertiary/aromatic N) is 4. The standard InChI is InChI=1S/C28H31ClFN5O3/c1-27(2,37)23-12-20(35(4)33-23)7-8-28(38)13-17-9-16(10-18(17)14-28)24-25(34(3)15-31-24)26(36)32-19-5-6-22(30)21(29)11-19/h5-6,11-12,15-18,37-38H,9-10,13-14H2,1-4H3,(H,32,36). The minimum absolute atomic E-state index is 0.0618. The summed E-state index contributed by atoms with van der Waals surface area (Å²) in [5.41, 5.74) is 0.605. The Morgan fingerprint density at radius 3 is 2.53 bits per heavy atom. The highest BCUT2D eigenvalue weighted by molar-refractivity contribution is 6.31. The number of hydrogen-bond acceptors (Lipinski definition) is 5. The molecule has 0 aliphatic heterocycles. The monoisotopic (exact) mass is 539 g/mol. The third-order valence-electron chi connectivity index (χ3n) is 7.72. The molecule has 2 aromatic heterocycles. The Balaban J connectivity index is 1.28. The fourth-order valence-corrected chi connectivity index (χ4v) is 6.02. The fraction of sp³-hybridized carbons (Fsp3) is 0.464. The van der Waals surface area contributed by atoms with Crippen molar-refractivity contribution >= 4 is 23.2 Å². The van der Waals surface area contributed by atoms with Gasteiger partial charge in [-0.25, -0.2) is 9.37 Å². The van der Waals surface area contributed by atoms with Crippen molar-refractivity contribution in [3.05, 3.63) is 64.2 Å². The number of anilines is 1. The first kappa shape index (κ1) is 26.4. The number of carbonyl (C=O) groups is 1. The van der Waals surface area contributed by atoms with Gasteiger partial charge >= 0.3 is 0 Å². The van der Waals surface area contributed by atoms with Crippen molar-refractivity contribution in [3.63, 3.8) is 0 Å². The Labute approximate surface area is 225 Å². The molecular formula is C28H31ClFN5O3. The van der Waals surface area contributed by atoms with Crippen molar-refractivity contribution in [2.45, 2.75) is 56.7 Å². The van der Waals surface area contributed by atoms with E-state index in [9.17, 15) is 19.4 Å². The lowest BCUT2D eigenvalue weighted by molar-refractivity contribution is 0.0732. The Bertz CT molecular complexity index is 1450. The maximum absolute atomic E-state index is 13.5. The third kappa shape index (κ3) is 5.08. The molecule has 38 heavy (non-hydrogen) atoms. The molecule has 0 spiro atoms. The summed E-state index contributed by atoms with van der Waals surface area (Å²) in [7, 11) is 3.54. The lowest BCUT2D eigenvalue weighted by Gasteiger charge is -2.19. The van der Waals surface area contributed by atoms with Crippen LogP contribution < -0.4 is 5.32 Å². The number of aliphatic hydroxyl groups is 2. The van der Waals surface area contributed by atoms with Crippen molar-refractivity contribution in [1.29, 1.82) is 0 Å². The van der Waals surface area contributed by atoms with Crippen LogP contribution in [0.5, 0.6) is 0 Å². The van der Waals surface area contributed by atoms with E-state index in [2.05, 4.69) is 27.2 Å². The molecule has 200 valence electrons. The second-order valence-electron chi connectivity index (χ2n) is 11.1. The molecule has 1 aromatic carbocycles. The van der Waals surface area contributed by atoms with Gasteiger partial charge < -0.3 is 20.1 Å². The van der Waals surface area contributed by atoms with Crippen LogP contribution in [0.4, 0.5) is 10.1 Å². The van der Waals surface area contributed by atoms with Crippen LogP contribution in [0.2, 0.25) is 5.02 Å². The first-order chi connectivity index (χ1) is 17.8. The van der Waals surface area contributed by atoms with Crippen LogP contribution in [0, 0.1) is 29.5 Å². The second kappa shape index (κ2) is 9.53. The van der Waals surface area contributed by atoms with Gasteiger partial charge in [-0.05, 0) is 81.6 Å². The maximum atomic E-state index is 13.5. The maximum Gasteiger partial charge on any atom is 0.274 e. The van der Waals surface area contributed by atoms with E-state index in [0.29, 0.717) is 35.6 Å². The number of carbonyl (C=O) groups excluding carboxylic acids is 1. The molecule has 0 saturated heterocycles. The zero-order valence-electron chi connectivity index (χ0n) is 21.8. The minimum Gasteiger partial charge on any atom is -0.384 e. The van der Waals surface area contributed by atoms with E-state index < -0.39 is 17.0 Å². The Kier molecular flexibility index (Phi) is 6.62. The van der Waals surface area contributed by atoms with Gasteiger partial charge in [-0.15, -0.1) is 0 Å². The zero-order valence-corrected chi connectivity index (χ0v) is 22.6. The zero-order chi connectivity index (χ0) is 27.4. The molecule has 3 N–H and O–H groups in total. The summed E-state index contributed by atoms with van der Waals surface area (Å²) in [4.78, 5) is 17.7. The number of fused-ring (bicyclic) bond motifs is 1. The number of aromatic nitrogens is 4. The van der Waals surface area contributed by atoms with Gasteiger partial charge in [0.1, 0.15) is 28.4 Å². The molecule has 0 bridgehead atoms. The highest BCUT2D eigenvalue weighted by Gasteiger charge is 2.49. The summed E-state index contributed by atoms with van der Waals surface area (Å²) in [6.07, 6.45) is 4.36. The molecule has 0 radical (unpaired) electrons. The molecule has 2 fully saturated rings. The largest absolute Gasteiger partial charge is 0.384 e. The number of amides is 1. The van der Waals surface area contributed by atoms with Gasteiger partial charge in [0.05, 0.1) is 22.7 Å². The molecule has 2 saturated carbocycles. The minimum atomic E-state index is -1.09. The van der Waals surface area contributed by atoms with E-state index in [1.807, 2.05) is 0 Å². The molecule has 10 heteroatoms. The molecule has 1 amide bonds. The quantitative estimate of drug-likeness (QED) is 0.433. The Morgan fingerprint density at radius 2 is 1.92 bits per heavy atom. The summed E-state index contributed by atoms with van der Waals surface area (Å²) in [5, 5.41) is 28.5. The third-order valence-corrected chi connectivity index (χ3v) is 8.01. The summed E-state index contributed by atoms with van der Waals surface area (Å²) in [6, 6.07) is 5.80. The van der Waals surface area contributed by atoms with Gasteiger partial charge in [-0.1, -0.05) is 17.5 Å². The van der Waals surface area contributed by atoms with Crippen molar-refractivity contribution in [2.24, 2.45) is 25.9 Å². The average molecular weight is 540 g/mol. The second-order valence-corrected chi connectivity index (χ2v) is 11.6. The van der Waals surface area contributed by atoms with Gasteiger partial charge in [0, 0.05) is 25.7 Å². The first-order valence-electron chi connectivity index (χ1n) is 12.6. The van der Waals surface area contributed by atoms with Gasteiger partial charge in [0.25, 0.3) is 5.91 Å². The van der Waals surface area contributed by atoms with Crippen LogP contribution in [-0.2, 0) is 19.7 Å². The number of benzene rings is 1. The van der Waals surface area contributed by atoms with Gasteiger partial charge in [-0.3, -0.25) is 9.48 Å².